The summed E-state index contributed by atoms with van der Waals surface area (Å²) in [7, 11) is 1.64. The highest BCUT2D eigenvalue weighted by Crippen LogP contribution is 2.40. The fraction of sp³-hybridized carbons (Fsp3) is 0.917. The SMILES string of the molecule is CC[C@H](C=O)[C@@H]1C[C@@H](C)[C@@H]([C@H]2O[C@@H]2OC)O1. The Hall–Kier alpha value is -0.450. The van der Waals surface area contributed by atoms with Crippen LogP contribution in [0.25, 0.3) is 0 Å². The van der Waals surface area contributed by atoms with Gasteiger partial charge in [-0.05, 0) is 18.8 Å². The Morgan fingerprint density at radius 2 is 2.19 bits per heavy atom. The van der Waals surface area contributed by atoms with E-state index in [4.69, 9.17) is 14.2 Å². The minimum Gasteiger partial charge on any atom is -0.371 e. The van der Waals surface area contributed by atoms with Gasteiger partial charge in [-0.3, -0.25) is 0 Å². The molecule has 4 nitrogen and oxygen atoms in total. The Morgan fingerprint density at radius 1 is 1.44 bits per heavy atom. The number of rotatable bonds is 5. The normalized spacial score (nSPS) is 44.3. The first-order valence-electron chi connectivity index (χ1n) is 6.00. The van der Waals surface area contributed by atoms with Crippen molar-refractivity contribution >= 4 is 6.29 Å². The molecule has 0 unspecified atom stereocenters. The average Bonchev–Trinajstić information content (AvgIpc) is 2.97. The molecule has 16 heavy (non-hydrogen) atoms. The second-order valence-corrected chi connectivity index (χ2v) is 4.77. The third-order valence-corrected chi connectivity index (χ3v) is 3.66. The zero-order chi connectivity index (χ0) is 11.7. The van der Waals surface area contributed by atoms with Crippen molar-refractivity contribution in [3.8, 4) is 0 Å². The van der Waals surface area contributed by atoms with Gasteiger partial charge in [0.1, 0.15) is 12.4 Å². The molecule has 0 radical (unpaired) electrons. The fourth-order valence-electron chi connectivity index (χ4n) is 2.55. The average molecular weight is 228 g/mol. The van der Waals surface area contributed by atoms with E-state index in [0.29, 0.717) is 5.92 Å². The summed E-state index contributed by atoms with van der Waals surface area (Å²) < 4.78 is 16.4. The maximum absolute atomic E-state index is 10.9. The van der Waals surface area contributed by atoms with Gasteiger partial charge in [-0.25, -0.2) is 0 Å². The predicted molar refractivity (Wildman–Crippen MR) is 58.0 cm³/mol. The number of epoxide rings is 1. The fourth-order valence-corrected chi connectivity index (χ4v) is 2.55. The Balaban J connectivity index is 1.91. The number of hydrogen-bond donors (Lipinski definition) is 0. The second kappa shape index (κ2) is 4.82. The van der Waals surface area contributed by atoms with E-state index in [9.17, 15) is 4.79 Å². The summed E-state index contributed by atoms with van der Waals surface area (Å²) in [6.45, 7) is 4.17. The van der Waals surface area contributed by atoms with Gasteiger partial charge in [0.2, 0.25) is 0 Å². The molecule has 2 fully saturated rings. The summed E-state index contributed by atoms with van der Waals surface area (Å²) in [4.78, 5) is 10.9. The van der Waals surface area contributed by atoms with Gasteiger partial charge in [-0.15, -0.1) is 0 Å². The molecule has 2 rings (SSSR count). The topological polar surface area (TPSA) is 48.1 Å². The zero-order valence-corrected chi connectivity index (χ0v) is 10.1. The quantitative estimate of drug-likeness (QED) is 0.527. The van der Waals surface area contributed by atoms with Gasteiger partial charge in [-0.1, -0.05) is 13.8 Å². The van der Waals surface area contributed by atoms with E-state index in [0.717, 1.165) is 19.1 Å². The lowest BCUT2D eigenvalue weighted by molar-refractivity contribution is -0.116. The minimum atomic E-state index is -0.109. The molecule has 0 aliphatic carbocycles. The van der Waals surface area contributed by atoms with Gasteiger partial charge in [0.25, 0.3) is 0 Å². The van der Waals surface area contributed by atoms with E-state index < -0.39 is 0 Å². The lowest BCUT2D eigenvalue weighted by Gasteiger charge is -2.16. The minimum absolute atomic E-state index is 0.0206. The molecule has 0 aromatic rings. The predicted octanol–water partition coefficient (Wildman–Crippen LogP) is 1.38. The van der Waals surface area contributed by atoms with Gasteiger partial charge < -0.3 is 19.0 Å². The monoisotopic (exact) mass is 228 g/mol. The molecule has 92 valence electrons. The van der Waals surface area contributed by atoms with Gasteiger partial charge >= 0.3 is 0 Å². The van der Waals surface area contributed by atoms with Crippen molar-refractivity contribution in [2.45, 2.75) is 51.3 Å². The van der Waals surface area contributed by atoms with Crippen LogP contribution in [-0.4, -0.2) is 38.0 Å². The third kappa shape index (κ3) is 2.14. The Labute approximate surface area is 96.2 Å². The Morgan fingerprint density at radius 3 is 2.69 bits per heavy atom. The highest BCUT2D eigenvalue weighted by atomic mass is 16.8. The van der Waals surface area contributed by atoms with E-state index in [1.165, 1.54) is 0 Å². The van der Waals surface area contributed by atoms with E-state index in [2.05, 4.69) is 6.92 Å². The molecule has 0 saturated carbocycles. The number of hydrogen-bond acceptors (Lipinski definition) is 4. The van der Waals surface area contributed by atoms with Gasteiger partial charge in [-0.2, -0.15) is 0 Å². The van der Waals surface area contributed by atoms with Crippen LogP contribution in [0, 0.1) is 11.8 Å². The molecular formula is C12H20O4. The van der Waals surface area contributed by atoms with Crippen molar-refractivity contribution in [3.05, 3.63) is 0 Å². The number of carbonyl (C=O) groups is 1. The molecule has 4 heteroatoms. The molecular weight excluding hydrogens is 208 g/mol. The van der Waals surface area contributed by atoms with Crippen molar-refractivity contribution in [2.75, 3.05) is 7.11 Å². The van der Waals surface area contributed by atoms with Crippen LogP contribution >= 0.6 is 0 Å². The highest BCUT2D eigenvalue weighted by molar-refractivity contribution is 5.54. The molecule has 2 saturated heterocycles. The van der Waals surface area contributed by atoms with Gasteiger partial charge in [0.05, 0.1) is 12.2 Å². The number of carbonyl (C=O) groups excluding carboxylic acids is 1. The lowest BCUT2D eigenvalue weighted by atomic mass is 9.93. The molecule has 0 N–H and O–H groups in total. The molecule has 6 atom stereocenters. The van der Waals surface area contributed by atoms with Crippen LogP contribution in [0.2, 0.25) is 0 Å². The number of aldehydes is 1. The Kier molecular flexibility index (Phi) is 3.62. The zero-order valence-electron chi connectivity index (χ0n) is 10.1. The van der Waals surface area contributed by atoms with Gasteiger partial charge in [0, 0.05) is 13.0 Å². The first-order chi connectivity index (χ1) is 7.71. The maximum Gasteiger partial charge on any atom is 0.186 e. The number of methoxy groups -OCH3 is 1. The molecule has 0 aromatic carbocycles. The molecule has 0 amide bonds. The molecule has 0 spiro atoms. The lowest BCUT2D eigenvalue weighted by Crippen LogP contribution is -2.26. The van der Waals surface area contributed by atoms with E-state index >= 15 is 0 Å². The summed E-state index contributed by atoms with van der Waals surface area (Å²) in [5.41, 5.74) is 0. The van der Waals surface area contributed by atoms with Crippen LogP contribution in [0.5, 0.6) is 0 Å². The van der Waals surface area contributed by atoms with E-state index in [1.54, 1.807) is 7.11 Å². The Bertz CT molecular complexity index is 255. The summed E-state index contributed by atoms with van der Waals surface area (Å²) in [6, 6.07) is 0. The van der Waals surface area contributed by atoms with Crippen molar-refractivity contribution in [1.82, 2.24) is 0 Å². The van der Waals surface area contributed by atoms with Crippen LogP contribution in [0.3, 0.4) is 0 Å². The summed E-state index contributed by atoms with van der Waals surface area (Å²) >= 11 is 0. The van der Waals surface area contributed by atoms with Crippen molar-refractivity contribution in [3.63, 3.8) is 0 Å². The van der Waals surface area contributed by atoms with Crippen LogP contribution in [-0.2, 0) is 19.0 Å². The summed E-state index contributed by atoms with van der Waals surface area (Å²) in [5, 5.41) is 0. The third-order valence-electron chi connectivity index (χ3n) is 3.66. The molecule has 2 heterocycles. The first-order valence-corrected chi connectivity index (χ1v) is 6.00. The first kappa shape index (κ1) is 12.0. The van der Waals surface area contributed by atoms with Crippen molar-refractivity contribution < 1.29 is 19.0 Å². The highest BCUT2D eigenvalue weighted by Gasteiger charge is 2.52. The van der Waals surface area contributed by atoms with Crippen LogP contribution < -0.4 is 0 Å². The van der Waals surface area contributed by atoms with E-state index in [1.807, 2.05) is 6.92 Å². The molecule has 0 bridgehead atoms. The van der Waals surface area contributed by atoms with Crippen LogP contribution in [0.1, 0.15) is 26.7 Å². The maximum atomic E-state index is 10.9. The van der Waals surface area contributed by atoms with Crippen molar-refractivity contribution in [1.29, 1.82) is 0 Å². The largest absolute Gasteiger partial charge is 0.371 e. The second-order valence-electron chi connectivity index (χ2n) is 4.77. The van der Waals surface area contributed by atoms with Crippen LogP contribution in [0.15, 0.2) is 0 Å². The van der Waals surface area contributed by atoms with Gasteiger partial charge in [0.15, 0.2) is 6.29 Å². The molecule has 2 aliphatic heterocycles. The van der Waals surface area contributed by atoms with Crippen LogP contribution in [0.4, 0.5) is 0 Å². The summed E-state index contributed by atoms with van der Waals surface area (Å²) in [5.74, 6) is 0.455. The number of ether oxygens (including phenoxy) is 3. The smallest absolute Gasteiger partial charge is 0.186 e. The van der Waals surface area contributed by atoms with E-state index in [-0.39, 0.29) is 30.5 Å². The summed E-state index contributed by atoms with van der Waals surface area (Å²) in [6.07, 6.45) is 2.90. The standard InChI is InChI=1S/C12H20O4/c1-4-8(6-13)9-5-7(2)10(15-9)11-12(14-3)16-11/h6-12H,4-5H2,1-3H3/t7-,8-,9+,10+,11-,12+/m1/s1. The molecule has 2 aliphatic rings. The molecule has 0 aromatic heterocycles. The van der Waals surface area contributed by atoms with Crippen molar-refractivity contribution in [2.24, 2.45) is 11.8 Å².